The molecule has 0 saturated carbocycles. The van der Waals surface area contributed by atoms with E-state index in [2.05, 4.69) is 4.98 Å². The molecule has 152 valence electrons. The van der Waals surface area contributed by atoms with Crippen LogP contribution in [0.25, 0.3) is 0 Å². The molecule has 2 aromatic rings. The lowest BCUT2D eigenvalue weighted by Crippen LogP contribution is -2.42. The van der Waals surface area contributed by atoms with E-state index in [0.29, 0.717) is 49.3 Å². The van der Waals surface area contributed by atoms with Gasteiger partial charge in [-0.15, -0.1) is 0 Å². The molecule has 1 aliphatic heterocycles. The molecule has 1 aliphatic rings. The van der Waals surface area contributed by atoms with Crippen molar-refractivity contribution >= 4 is 6.09 Å². The van der Waals surface area contributed by atoms with Crippen LogP contribution in [0.1, 0.15) is 47.7 Å². The van der Waals surface area contributed by atoms with Crippen molar-refractivity contribution in [3.63, 3.8) is 0 Å². The minimum absolute atomic E-state index is 0.292. The molecule has 0 bridgehead atoms. The van der Waals surface area contributed by atoms with Crippen LogP contribution in [0.15, 0.2) is 24.3 Å². The number of hydrogen-bond acceptors (Lipinski definition) is 3. The number of carboxylic acid groups (broad SMARTS) is 1. The van der Waals surface area contributed by atoms with E-state index in [1.165, 1.54) is 17.0 Å². The third kappa shape index (κ3) is 3.84. The number of aliphatic hydroxyl groups excluding tert-OH is 1. The molecule has 6 nitrogen and oxygen atoms in total. The Morgan fingerprint density at radius 2 is 1.93 bits per heavy atom. The first-order valence-electron chi connectivity index (χ1n) is 9.11. The zero-order valence-corrected chi connectivity index (χ0v) is 15.4. The highest BCUT2D eigenvalue weighted by atomic mass is 19.4. The summed E-state index contributed by atoms with van der Waals surface area (Å²) in [6.45, 7) is 2.42. The molecule has 1 atom stereocenters. The zero-order chi connectivity index (χ0) is 20.5. The summed E-state index contributed by atoms with van der Waals surface area (Å²) in [5, 5.41) is 19.3. The van der Waals surface area contributed by atoms with Crippen LogP contribution in [-0.2, 0) is 32.2 Å². The Labute approximate surface area is 160 Å². The summed E-state index contributed by atoms with van der Waals surface area (Å²) >= 11 is 0. The number of aromatic nitrogens is 2. The average molecular weight is 397 g/mol. The van der Waals surface area contributed by atoms with Gasteiger partial charge < -0.3 is 14.8 Å². The third-order valence-electron chi connectivity index (χ3n) is 5.12. The molecule has 9 heteroatoms. The maximum absolute atomic E-state index is 12.7. The van der Waals surface area contributed by atoms with Crippen molar-refractivity contribution in [2.24, 2.45) is 0 Å². The van der Waals surface area contributed by atoms with Gasteiger partial charge >= 0.3 is 12.3 Å². The summed E-state index contributed by atoms with van der Waals surface area (Å²) in [4.78, 5) is 17.5. The summed E-state index contributed by atoms with van der Waals surface area (Å²) in [6.07, 6.45) is -4.00. The second-order valence-electron chi connectivity index (χ2n) is 6.75. The topological polar surface area (TPSA) is 78.6 Å². The number of rotatable bonds is 5. The van der Waals surface area contributed by atoms with Crippen molar-refractivity contribution in [1.29, 1.82) is 0 Å². The number of aliphatic hydroxyl groups is 1. The molecular weight excluding hydrogens is 375 g/mol. The molecule has 1 unspecified atom stereocenters. The lowest BCUT2D eigenvalue weighted by Gasteiger charge is -2.35. The van der Waals surface area contributed by atoms with Crippen LogP contribution in [0.5, 0.6) is 0 Å². The number of halogens is 3. The largest absolute Gasteiger partial charge is 0.465 e. The molecule has 0 aliphatic carbocycles. The molecule has 0 saturated heterocycles. The van der Waals surface area contributed by atoms with E-state index in [0.717, 1.165) is 18.0 Å². The van der Waals surface area contributed by atoms with E-state index in [1.807, 2.05) is 11.5 Å². The van der Waals surface area contributed by atoms with Gasteiger partial charge in [0, 0.05) is 19.5 Å². The van der Waals surface area contributed by atoms with E-state index in [1.54, 1.807) is 0 Å². The highest BCUT2D eigenvalue weighted by Crippen LogP contribution is 2.34. The van der Waals surface area contributed by atoms with Gasteiger partial charge in [0.15, 0.2) is 0 Å². The molecule has 0 spiro atoms. The molecule has 0 fully saturated rings. The summed E-state index contributed by atoms with van der Waals surface area (Å²) in [5.41, 5.74) is 1.12. The van der Waals surface area contributed by atoms with Crippen LogP contribution in [0, 0.1) is 0 Å². The Bertz CT molecular complexity index is 847. The fourth-order valence-electron chi connectivity index (χ4n) is 3.77. The number of fused-ring (bicyclic) bond motifs is 1. The summed E-state index contributed by atoms with van der Waals surface area (Å²) < 4.78 is 40.1. The van der Waals surface area contributed by atoms with Crippen molar-refractivity contribution in [2.45, 2.75) is 51.6 Å². The lowest BCUT2D eigenvalue weighted by molar-refractivity contribution is -0.137. The fourth-order valence-corrected chi connectivity index (χ4v) is 3.77. The normalized spacial score (nSPS) is 16.9. The monoisotopic (exact) mass is 397 g/mol. The predicted octanol–water partition coefficient (Wildman–Crippen LogP) is 3.62. The standard InChI is InChI=1S/C19H22F3N3O3/c1-2-16-23-14(11-26)17-15(24(18(27)28)9-10-25(16)17)8-5-12-3-6-13(7-4-12)19(20,21)22/h3-4,6-7,15,26H,2,5,8-11H2,1H3,(H,27,28). The number of nitrogens with zero attached hydrogens (tertiary/aromatic N) is 3. The molecule has 28 heavy (non-hydrogen) atoms. The first-order valence-corrected chi connectivity index (χ1v) is 9.11. The van der Waals surface area contributed by atoms with Crippen LogP contribution in [0.4, 0.5) is 18.0 Å². The fraction of sp³-hybridized carbons (Fsp3) is 0.474. The minimum Gasteiger partial charge on any atom is -0.465 e. The second-order valence-corrected chi connectivity index (χ2v) is 6.75. The second kappa shape index (κ2) is 7.83. The molecule has 1 aromatic carbocycles. The van der Waals surface area contributed by atoms with Crippen molar-refractivity contribution in [3.05, 3.63) is 52.6 Å². The summed E-state index contributed by atoms with van der Waals surface area (Å²) in [7, 11) is 0. The van der Waals surface area contributed by atoms with Gasteiger partial charge in [0.1, 0.15) is 5.82 Å². The lowest BCUT2D eigenvalue weighted by atomic mass is 9.98. The van der Waals surface area contributed by atoms with Crippen molar-refractivity contribution in [2.75, 3.05) is 6.54 Å². The van der Waals surface area contributed by atoms with Gasteiger partial charge in [-0.3, -0.25) is 4.90 Å². The van der Waals surface area contributed by atoms with Gasteiger partial charge in [-0.25, -0.2) is 9.78 Å². The zero-order valence-electron chi connectivity index (χ0n) is 15.4. The first-order chi connectivity index (χ1) is 13.3. The Hall–Kier alpha value is -2.55. The maximum Gasteiger partial charge on any atom is 0.416 e. The van der Waals surface area contributed by atoms with Gasteiger partial charge in [0.2, 0.25) is 0 Å². The van der Waals surface area contributed by atoms with Gasteiger partial charge in [-0.2, -0.15) is 13.2 Å². The number of carbonyl (C=O) groups is 1. The van der Waals surface area contributed by atoms with Gasteiger partial charge in [0.05, 0.1) is 29.6 Å². The molecule has 1 aromatic heterocycles. The smallest absolute Gasteiger partial charge is 0.416 e. The number of hydrogen-bond donors (Lipinski definition) is 2. The molecule has 2 heterocycles. The SMILES string of the molecule is CCc1nc(CO)c2n1CCN(C(=O)O)C2CCc1ccc(C(F)(F)F)cc1. The minimum atomic E-state index is -4.39. The Morgan fingerprint density at radius 3 is 2.46 bits per heavy atom. The third-order valence-corrected chi connectivity index (χ3v) is 5.12. The van der Waals surface area contributed by atoms with Crippen LogP contribution < -0.4 is 0 Å². The predicted molar refractivity (Wildman–Crippen MR) is 94.8 cm³/mol. The van der Waals surface area contributed by atoms with Gasteiger partial charge in [-0.1, -0.05) is 19.1 Å². The van der Waals surface area contributed by atoms with Crippen LogP contribution in [-0.4, -0.2) is 37.3 Å². The summed E-state index contributed by atoms with van der Waals surface area (Å²) in [6, 6.07) is 4.38. The van der Waals surface area contributed by atoms with Crippen molar-refractivity contribution in [3.8, 4) is 0 Å². The Balaban J connectivity index is 1.87. The highest BCUT2D eigenvalue weighted by molar-refractivity contribution is 5.66. The van der Waals surface area contributed by atoms with Crippen molar-refractivity contribution < 1.29 is 28.2 Å². The molecule has 0 radical (unpaired) electrons. The maximum atomic E-state index is 12.7. The molecule has 1 amide bonds. The Morgan fingerprint density at radius 1 is 1.25 bits per heavy atom. The van der Waals surface area contributed by atoms with Crippen LogP contribution in [0.2, 0.25) is 0 Å². The molecular formula is C19H22F3N3O3. The molecule has 2 N–H and O–H groups in total. The quantitative estimate of drug-likeness (QED) is 0.808. The van der Waals surface area contributed by atoms with E-state index >= 15 is 0 Å². The van der Waals surface area contributed by atoms with E-state index in [-0.39, 0.29) is 6.61 Å². The number of alkyl halides is 3. The number of imidazole rings is 1. The van der Waals surface area contributed by atoms with Crippen LogP contribution >= 0.6 is 0 Å². The number of benzene rings is 1. The molecule has 3 rings (SSSR count). The van der Waals surface area contributed by atoms with Gasteiger partial charge in [0.25, 0.3) is 0 Å². The summed E-state index contributed by atoms with van der Waals surface area (Å²) in [5.74, 6) is 0.795. The average Bonchev–Trinajstić information content (AvgIpc) is 3.03. The number of amides is 1. The first kappa shape index (κ1) is 20.2. The van der Waals surface area contributed by atoms with Crippen molar-refractivity contribution in [1.82, 2.24) is 14.5 Å². The van der Waals surface area contributed by atoms with E-state index < -0.39 is 23.9 Å². The Kier molecular flexibility index (Phi) is 5.64. The van der Waals surface area contributed by atoms with E-state index in [4.69, 9.17) is 0 Å². The van der Waals surface area contributed by atoms with Crippen LogP contribution in [0.3, 0.4) is 0 Å². The number of aryl methyl sites for hydroxylation is 2. The highest BCUT2D eigenvalue weighted by Gasteiger charge is 2.35. The van der Waals surface area contributed by atoms with Gasteiger partial charge in [-0.05, 0) is 30.5 Å². The van der Waals surface area contributed by atoms with E-state index in [9.17, 15) is 28.2 Å².